The average Bonchev–Trinajstić information content (AvgIpc) is 3.02. The van der Waals surface area contributed by atoms with E-state index in [1.807, 2.05) is 17.0 Å². The van der Waals surface area contributed by atoms with Crippen LogP contribution in [-0.4, -0.2) is 51.9 Å². The summed E-state index contributed by atoms with van der Waals surface area (Å²) in [6, 6.07) is 5.89. The fourth-order valence-electron chi connectivity index (χ4n) is 3.46. The zero-order valence-electron chi connectivity index (χ0n) is 15.3. The van der Waals surface area contributed by atoms with E-state index in [2.05, 4.69) is 21.9 Å². The maximum Gasteiger partial charge on any atom is 0.223 e. The Morgan fingerprint density at radius 1 is 1.38 bits per heavy atom. The molecular weight excluding hydrogens is 330 g/mol. The third-order valence-electron chi connectivity index (χ3n) is 4.96. The molecule has 0 spiro atoms. The number of anilines is 1. The average molecular weight is 357 g/mol. The van der Waals surface area contributed by atoms with Gasteiger partial charge in [-0.25, -0.2) is 9.97 Å². The summed E-state index contributed by atoms with van der Waals surface area (Å²) in [5.74, 6) is 2.32. The van der Waals surface area contributed by atoms with E-state index < -0.39 is 0 Å². The van der Waals surface area contributed by atoms with Crippen LogP contribution in [0, 0.1) is 0 Å². The van der Waals surface area contributed by atoms with Crippen molar-refractivity contribution in [1.29, 1.82) is 0 Å². The van der Waals surface area contributed by atoms with Crippen LogP contribution in [-0.2, 0) is 17.8 Å². The Morgan fingerprint density at radius 2 is 2.27 bits per heavy atom. The van der Waals surface area contributed by atoms with Gasteiger partial charge in [-0.3, -0.25) is 9.69 Å². The van der Waals surface area contributed by atoms with Crippen molar-refractivity contribution in [2.24, 2.45) is 0 Å². The largest absolute Gasteiger partial charge is 0.469 e. The highest BCUT2D eigenvalue weighted by Crippen LogP contribution is 2.18. The van der Waals surface area contributed by atoms with E-state index in [1.54, 1.807) is 18.5 Å². The van der Waals surface area contributed by atoms with E-state index in [1.165, 1.54) is 0 Å². The minimum atomic E-state index is 0.212. The Labute approximate surface area is 154 Å². The highest BCUT2D eigenvalue weighted by Gasteiger charge is 2.23. The molecular formula is C19H27N5O2. The first-order valence-electron chi connectivity index (χ1n) is 9.19. The molecule has 0 aliphatic carbocycles. The maximum atomic E-state index is 12.5. The minimum Gasteiger partial charge on any atom is -0.469 e. The molecule has 7 heteroatoms. The van der Waals surface area contributed by atoms with Gasteiger partial charge in [0.05, 0.1) is 12.8 Å². The van der Waals surface area contributed by atoms with E-state index >= 15 is 0 Å². The van der Waals surface area contributed by atoms with Gasteiger partial charge in [0.15, 0.2) is 0 Å². The molecule has 1 amide bonds. The van der Waals surface area contributed by atoms with Crippen molar-refractivity contribution in [3.05, 3.63) is 42.2 Å². The lowest BCUT2D eigenvalue weighted by Gasteiger charge is -2.26. The molecule has 2 aromatic rings. The minimum absolute atomic E-state index is 0.212. The topological polar surface area (TPSA) is 88.5 Å². The van der Waals surface area contributed by atoms with E-state index in [9.17, 15) is 4.79 Å². The van der Waals surface area contributed by atoms with Crippen LogP contribution >= 0.6 is 0 Å². The molecule has 1 fully saturated rings. The molecule has 2 N–H and O–H groups in total. The summed E-state index contributed by atoms with van der Waals surface area (Å²) in [7, 11) is 2.09. The zero-order valence-corrected chi connectivity index (χ0v) is 15.3. The number of aryl methyl sites for hydroxylation is 1. The van der Waals surface area contributed by atoms with E-state index in [0.29, 0.717) is 31.2 Å². The van der Waals surface area contributed by atoms with E-state index in [4.69, 9.17) is 10.2 Å². The molecule has 0 aromatic carbocycles. The molecule has 1 atom stereocenters. The summed E-state index contributed by atoms with van der Waals surface area (Å²) >= 11 is 0. The summed E-state index contributed by atoms with van der Waals surface area (Å²) in [5, 5.41) is 0. The number of amides is 1. The summed E-state index contributed by atoms with van der Waals surface area (Å²) in [6.07, 6.45) is 7.56. The first-order chi connectivity index (χ1) is 12.6. The molecule has 26 heavy (non-hydrogen) atoms. The third kappa shape index (κ3) is 5.05. The lowest BCUT2D eigenvalue weighted by Crippen LogP contribution is -2.35. The normalized spacial score (nSPS) is 18.1. The second-order valence-electron chi connectivity index (χ2n) is 6.86. The molecule has 1 saturated heterocycles. The first-order valence-corrected chi connectivity index (χ1v) is 9.19. The fourth-order valence-corrected chi connectivity index (χ4v) is 3.46. The van der Waals surface area contributed by atoms with Gasteiger partial charge < -0.3 is 15.1 Å². The third-order valence-corrected chi connectivity index (χ3v) is 4.96. The molecule has 3 rings (SSSR count). The van der Waals surface area contributed by atoms with Crippen LogP contribution in [0.5, 0.6) is 0 Å². The Bertz CT molecular complexity index is 704. The second kappa shape index (κ2) is 8.80. The molecule has 7 nitrogen and oxygen atoms in total. The van der Waals surface area contributed by atoms with Gasteiger partial charge in [0.2, 0.25) is 5.91 Å². The lowest BCUT2D eigenvalue weighted by atomic mass is 10.1. The highest BCUT2D eigenvalue weighted by atomic mass is 16.3. The monoisotopic (exact) mass is 357 g/mol. The quantitative estimate of drug-likeness (QED) is 0.852. The van der Waals surface area contributed by atoms with Gasteiger partial charge in [-0.05, 0) is 44.5 Å². The van der Waals surface area contributed by atoms with Crippen molar-refractivity contribution in [1.82, 2.24) is 19.8 Å². The Morgan fingerprint density at radius 3 is 3.04 bits per heavy atom. The number of rotatable bonds is 6. The Hall–Kier alpha value is -2.41. The van der Waals surface area contributed by atoms with Gasteiger partial charge in [0.1, 0.15) is 17.4 Å². The van der Waals surface area contributed by atoms with Crippen LogP contribution in [0.25, 0.3) is 0 Å². The number of hydrogen-bond acceptors (Lipinski definition) is 6. The first kappa shape index (κ1) is 18.4. The van der Waals surface area contributed by atoms with Gasteiger partial charge in [-0.2, -0.15) is 0 Å². The molecule has 1 aliphatic rings. The number of carbonyl (C=O) groups is 1. The van der Waals surface area contributed by atoms with Gasteiger partial charge in [0.25, 0.3) is 0 Å². The summed E-state index contributed by atoms with van der Waals surface area (Å²) in [4.78, 5) is 25.3. The molecule has 1 aliphatic heterocycles. The number of hydrogen-bond donors (Lipinski definition) is 1. The molecule has 1 unspecified atom stereocenters. The van der Waals surface area contributed by atoms with Gasteiger partial charge in [-0.15, -0.1) is 0 Å². The Kier molecular flexibility index (Phi) is 6.22. The van der Waals surface area contributed by atoms with Crippen LogP contribution < -0.4 is 5.73 Å². The fraction of sp³-hybridized carbons (Fsp3) is 0.526. The van der Waals surface area contributed by atoms with Crippen LogP contribution in [0.2, 0.25) is 0 Å². The molecule has 140 valence electrons. The summed E-state index contributed by atoms with van der Waals surface area (Å²) in [6.45, 7) is 2.29. The van der Waals surface area contributed by atoms with Crippen molar-refractivity contribution >= 4 is 11.7 Å². The van der Waals surface area contributed by atoms with E-state index in [0.717, 1.165) is 43.9 Å². The number of nitrogens with two attached hydrogens (primary N) is 1. The van der Waals surface area contributed by atoms with Crippen LogP contribution in [0.15, 0.2) is 35.1 Å². The van der Waals surface area contributed by atoms with Gasteiger partial charge in [-0.1, -0.05) is 0 Å². The van der Waals surface area contributed by atoms with Crippen LogP contribution in [0.3, 0.4) is 0 Å². The van der Waals surface area contributed by atoms with Crippen molar-refractivity contribution in [3.63, 3.8) is 0 Å². The molecule has 0 saturated carbocycles. The van der Waals surface area contributed by atoms with Gasteiger partial charge in [0, 0.05) is 38.2 Å². The number of likely N-dealkylation sites (tertiary alicyclic amines) is 1. The van der Waals surface area contributed by atoms with Gasteiger partial charge >= 0.3 is 0 Å². The zero-order chi connectivity index (χ0) is 18.4. The summed E-state index contributed by atoms with van der Waals surface area (Å²) < 4.78 is 5.31. The summed E-state index contributed by atoms with van der Waals surface area (Å²) in [5.41, 5.74) is 5.73. The maximum absolute atomic E-state index is 12.5. The van der Waals surface area contributed by atoms with Crippen LogP contribution in [0.1, 0.15) is 37.3 Å². The van der Waals surface area contributed by atoms with Crippen molar-refractivity contribution < 1.29 is 9.21 Å². The van der Waals surface area contributed by atoms with Crippen molar-refractivity contribution in [2.45, 2.75) is 44.7 Å². The second-order valence-corrected chi connectivity index (χ2v) is 6.86. The lowest BCUT2D eigenvalue weighted by molar-refractivity contribution is -0.131. The molecule has 0 bridgehead atoms. The Balaban J connectivity index is 1.48. The SMILES string of the molecule is CN(Cc1nccc(N)n1)C1CCCN(C(=O)CCc2ccco2)CC1. The predicted octanol–water partition coefficient (Wildman–Crippen LogP) is 2.10. The number of nitrogen functional groups attached to an aromatic ring is 1. The molecule has 0 radical (unpaired) electrons. The molecule has 2 aromatic heterocycles. The van der Waals surface area contributed by atoms with Crippen molar-refractivity contribution in [2.75, 3.05) is 25.9 Å². The van der Waals surface area contributed by atoms with Crippen molar-refractivity contribution in [3.8, 4) is 0 Å². The number of aromatic nitrogens is 2. The molecule has 3 heterocycles. The van der Waals surface area contributed by atoms with E-state index in [-0.39, 0.29) is 5.91 Å². The number of furan rings is 1. The number of carbonyl (C=O) groups excluding carboxylic acids is 1. The predicted molar refractivity (Wildman–Crippen MR) is 99.2 cm³/mol. The highest BCUT2D eigenvalue weighted by molar-refractivity contribution is 5.76. The smallest absolute Gasteiger partial charge is 0.223 e. The van der Waals surface area contributed by atoms with Crippen LogP contribution in [0.4, 0.5) is 5.82 Å². The standard InChI is InChI=1S/C19H27N5O2/c1-23(14-18-21-10-8-17(20)22-18)15-4-2-11-24(12-9-15)19(25)7-6-16-5-3-13-26-16/h3,5,8,10,13,15H,2,4,6-7,9,11-12,14H2,1H3,(H2,20,21,22). The number of nitrogens with zero attached hydrogens (tertiary/aromatic N) is 4.